The van der Waals surface area contributed by atoms with E-state index in [1.165, 1.54) is 5.56 Å². The van der Waals surface area contributed by atoms with Crippen LogP contribution in [0.25, 0.3) is 0 Å². The summed E-state index contributed by atoms with van der Waals surface area (Å²) in [7, 11) is 0. The standard InChI is InChI=1S/C25H32BrClN2O3/c1-5-17(4)28-25(31)22(7-3)29(15-19-10-8-9-11-21(19)27)24(30)16-32-23-13-12-18(6-2)14-20(23)26/h8-14,17,22H,5-7,15-16H2,1-4H3,(H,28,31)/t17-,22-/m0/s1. The molecule has 1 N–H and O–H groups in total. The second-order valence-electron chi connectivity index (χ2n) is 7.76. The SMILES string of the molecule is CCc1ccc(OCC(=O)N(Cc2ccccc2Cl)[C@@H](CC)C(=O)N[C@@H](C)CC)c(Br)c1. The molecule has 0 bridgehead atoms. The molecule has 0 radical (unpaired) electrons. The van der Waals surface area contributed by atoms with Gasteiger partial charge in [0.05, 0.1) is 4.47 Å². The van der Waals surface area contributed by atoms with Crippen molar-refractivity contribution in [3.63, 3.8) is 0 Å². The highest BCUT2D eigenvalue weighted by atomic mass is 79.9. The fourth-order valence-electron chi connectivity index (χ4n) is 3.27. The Labute approximate surface area is 204 Å². The molecular formula is C25H32BrClN2O3. The maximum atomic E-state index is 13.3. The summed E-state index contributed by atoms with van der Waals surface area (Å²) in [6.45, 7) is 7.98. The summed E-state index contributed by atoms with van der Waals surface area (Å²) in [5.74, 6) is 0.142. The van der Waals surface area contributed by atoms with Gasteiger partial charge in [-0.05, 0) is 71.4 Å². The van der Waals surface area contributed by atoms with E-state index in [9.17, 15) is 9.59 Å². The Morgan fingerprint density at radius 1 is 1.12 bits per heavy atom. The predicted octanol–water partition coefficient (Wildman–Crippen LogP) is 5.77. The van der Waals surface area contributed by atoms with E-state index in [1.807, 2.05) is 57.2 Å². The number of halogens is 2. The molecule has 5 nitrogen and oxygen atoms in total. The van der Waals surface area contributed by atoms with Crippen molar-refractivity contribution in [2.75, 3.05) is 6.61 Å². The first-order valence-electron chi connectivity index (χ1n) is 11.0. The Hall–Kier alpha value is -2.05. The van der Waals surface area contributed by atoms with E-state index in [0.29, 0.717) is 17.2 Å². The highest BCUT2D eigenvalue weighted by Crippen LogP contribution is 2.27. The van der Waals surface area contributed by atoms with E-state index >= 15 is 0 Å². The lowest BCUT2D eigenvalue weighted by atomic mass is 10.1. The Morgan fingerprint density at radius 3 is 2.44 bits per heavy atom. The lowest BCUT2D eigenvalue weighted by molar-refractivity contribution is -0.143. The van der Waals surface area contributed by atoms with E-state index < -0.39 is 6.04 Å². The Bertz CT molecular complexity index is 922. The molecule has 32 heavy (non-hydrogen) atoms. The van der Waals surface area contributed by atoms with Crippen LogP contribution < -0.4 is 10.1 Å². The van der Waals surface area contributed by atoms with Crippen molar-refractivity contribution >= 4 is 39.3 Å². The zero-order valence-electron chi connectivity index (χ0n) is 19.2. The average molecular weight is 524 g/mol. The third-order valence-electron chi connectivity index (χ3n) is 5.44. The summed E-state index contributed by atoms with van der Waals surface area (Å²) in [5, 5.41) is 3.55. The summed E-state index contributed by atoms with van der Waals surface area (Å²) in [5.41, 5.74) is 1.95. The van der Waals surface area contributed by atoms with Crippen molar-refractivity contribution in [1.29, 1.82) is 0 Å². The van der Waals surface area contributed by atoms with Gasteiger partial charge < -0.3 is 15.0 Å². The summed E-state index contributed by atoms with van der Waals surface area (Å²) >= 11 is 9.86. The average Bonchev–Trinajstić information content (AvgIpc) is 2.78. The molecule has 0 aliphatic rings. The van der Waals surface area contributed by atoms with Crippen LogP contribution in [0.2, 0.25) is 5.02 Å². The third-order valence-corrected chi connectivity index (χ3v) is 6.43. The molecule has 0 saturated carbocycles. The van der Waals surface area contributed by atoms with Crippen LogP contribution >= 0.6 is 27.5 Å². The Kier molecular flexibility index (Phi) is 10.5. The molecule has 0 saturated heterocycles. The minimum Gasteiger partial charge on any atom is -0.483 e. The molecule has 2 amide bonds. The van der Waals surface area contributed by atoms with Gasteiger partial charge in [0.1, 0.15) is 11.8 Å². The molecule has 0 aromatic heterocycles. The van der Waals surface area contributed by atoms with Gasteiger partial charge in [0.2, 0.25) is 5.91 Å². The van der Waals surface area contributed by atoms with E-state index in [2.05, 4.69) is 28.2 Å². The normalized spacial score (nSPS) is 12.7. The molecule has 174 valence electrons. The number of hydrogen-bond donors (Lipinski definition) is 1. The van der Waals surface area contributed by atoms with Crippen molar-refractivity contribution in [3.8, 4) is 5.75 Å². The number of ether oxygens (including phenoxy) is 1. The summed E-state index contributed by atoms with van der Waals surface area (Å²) in [6, 6.07) is 12.6. The molecule has 0 aliphatic carbocycles. The highest BCUT2D eigenvalue weighted by Gasteiger charge is 2.30. The van der Waals surface area contributed by atoms with Crippen molar-refractivity contribution in [1.82, 2.24) is 10.2 Å². The summed E-state index contributed by atoms with van der Waals surface area (Å²) in [6.07, 6.45) is 2.20. The monoisotopic (exact) mass is 522 g/mol. The van der Waals surface area contributed by atoms with Crippen LogP contribution in [0.5, 0.6) is 5.75 Å². The van der Waals surface area contributed by atoms with Crippen LogP contribution in [-0.4, -0.2) is 35.4 Å². The molecule has 2 aromatic carbocycles. The number of nitrogens with zero attached hydrogens (tertiary/aromatic N) is 1. The van der Waals surface area contributed by atoms with Crippen molar-refractivity contribution < 1.29 is 14.3 Å². The number of rotatable bonds is 11. The van der Waals surface area contributed by atoms with E-state index in [4.69, 9.17) is 16.3 Å². The summed E-state index contributed by atoms with van der Waals surface area (Å²) < 4.78 is 6.62. The van der Waals surface area contributed by atoms with E-state index in [1.54, 1.807) is 11.0 Å². The number of benzene rings is 2. The van der Waals surface area contributed by atoms with Gasteiger partial charge in [0.15, 0.2) is 6.61 Å². The minimum atomic E-state index is -0.623. The molecule has 2 atom stereocenters. The highest BCUT2D eigenvalue weighted by molar-refractivity contribution is 9.10. The number of hydrogen-bond acceptors (Lipinski definition) is 3. The van der Waals surface area contributed by atoms with Gasteiger partial charge in [-0.25, -0.2) is 0 Å². The van der Waals surface area contributed by atoms with Crippen molar-refractivity contribution in [2.24, 2.45) is 0 Å². The molecule has 0 fully saturated rings. The van der Waals surface area contributed by atoms with E-state index in [0.717, 1.165) is 22.9 Å². The lowest BCUT2D eigenvalue weighted by Crippen LogP contribution is -2.51. The van der Waals surface area contributed by atoms with Gasteiger partial charge in [-0.15, -0.1) is 0 Å². The first-order valence-corrected chi connectivity index (χ1v) is 12.2. The zero-order chi connectivity index (χ0) is 23.7. The van der Waals surface area contributed by atoms with Crippen LogP contribution in [0.1, 0.15) is 51.7 Å². The lowest BCUT2D eigenvalue weighted by Gasteiger charge is -2.31. The molecule has 0 heterocycles. The third kappa shape index (κ3) is 7.24. The molecule has 2 aromatic rings. The molecule has 2 rings (SSSR count). The summed E-state index contributed by atoms with van der Waals surface area (Å²) in [4.78, 5) is 27.8. The maximum absolute atomic E-state index is 13.3. The molecule has 7 heteroatoms. The molecule has 0 unspecified atom stereocenters. The largest absolute Gasteiger partial charge is 0.483 e. The first-order chi connectivity index (χ1) is 15.3. The molecular weight excluding hydrogens is 492 g/mol. The van der Waals surface area contributed by atoms with Gasteiger partial charge in [-0.2, -0.15) is 0 Å². The fraction of sp³-hybridized carbons (Fsp3) is 0.440. The second kappa shape index (κ2) is 12.9. The van der Waals surface area contributed by atoms with Gasteiger partial charge >= 0.3 is 0 Å². The van der Waals surface area contributed by atoms with Gasteiger partial charge in [0, 0.05) is 17.6 Å². The quantitative estimate of drug-likeness (QED) is 0.407. The minimum absolute atomic E-state index is 0.0260. The second-order valence-corrected chi connectivity index (χ2v) is 9.02. The van der Waals surface area contributed by atoms with Gasteiger partial charge in [0.25, 0.3) is 5.91 Å². The van der Waals surface area contributed by atoms with Crippen LogP contribution in [0, 0.1) is 0 Å². The van der Waals surface area contributed by atoms with E-state index in [-0.39, 0.29) is 31.0 Å². The predicted molar refractivity (Wildman–Crippen MR) is 133 cm³/mol. The van der Waals surface area contributed by atoms with Gasteiger partial charge in [-0.1, -0.05) is 56.6 Å². The zero-order valence-corrected chi connectivity index (χ0v) is 21.5. The number of carbonyl (C=O) groups is 2. The van der Waals surface area contributed by atoms with Crippen LogP contribution in [0.3, 0.4) is 0 Å². The maximum Gasteiger partial charge on any atom is 0.261 e. The van der Waals surface area contributed by atoms with Crippen molar-refractivity contribution in [3.05, 3.63) is 63.1 Å². The number of amides is 2. The van der Waals surface area contributed by atoms with Crippen LogP contribution in [-0.2, 0) is 22.6 Å². The Balaban J connectivity index is 2.24. The smallest absolute Gasteiger partial charge is 0.261 e. The number of carbonyl (C=O) groups excluding carboxylic acids is 2. The fourth-order valence-corrected chi connectivity index (χ4v) is 4.01. The number of nitrogens with one attached hydrogen (secondary N) is 1. The Morgan fingerprint density at radius 2 is 1.84 bits per heavy atom. The van der Waals surface area contributed by atoms with Crippen LogP contribution in [0.4, 0.5) is 0 Å². The topological polar surface area (TPSA) is 58.6 Å². The first kappa shape index (κ1) is 26.2. The van der Waals surface area contributed by atoms with Gasteiger partial charge in [-0.3, -0.25) is 9.59 Å². The molecule has 0 spiro atoms. The number of aryl methyl sites for hydroxylation is 1. The van der Waals surface area contributed by atoms with Crippen molar-refractivity contribution in [2.45, 2.75) is 65.6 Å². The van der Waals surface area contributed by atoms with Crippen LogP contribution in [0.15, 0.2) is 46.9 Å². The molecule has 0 aliphatic heterocycles.